The highest BCUT2D eigenvalue weighted by molar-refractivity contribution is 6.33. The first-order valence-corrected chi connectivity index (χ1v) is 10.7. The second kappa shape index (κ2) is 11.4. The lowest BCUT2D eigenvalue weighted by atomic mass is 10.2. The predicted octanol–water partition coefficient (Wildman–Crippen LogP) is 4.30. The largest absolute Gasteiger partial charge is 0.383 e. The Bertz CT molecular complexity index is 1300. The fourth-order valence-corrected chi connectivity index (χ4v) is 3.14. The summed E-state index contributed by atoms with van der Waals surface area (Å²) in [7, 11) is 3.68. The van der Waals surface area contributed by atoms with Crippen LogP contribution in [0.5, 0.6) is 0 Å². The minimum Gasteiger partial charge on any atom is -0.383 e. The van der Waals surface area contributed by atoms with E-state index in [4.69, 9.17) is 23.2 Å². The van der Waals surface area contributed by atoms with Gasteiger partial charge in [-0.3, -0.25) is 19.6 Å². The van der Waals surface area contributed by atoms with E-state index in [0.29, 0.717) is 11.1 Å². The summed E-state index contributed by atoms with van der Waals surface area (Å²) in [5.74, 6) is -0.288. The van der Waals surface area contributed by atoms with E-state index in [9.17, 15) is 9.59 Å². The van der Waals surface area contributed by atoms with Crippen LogP contribution in [0.2, 0.25) is 10.3 Å². The van der Waals surface area contributed by atoms with Crippen molar-refractivity contribution in [2.45, 2.75) is 6.92 Å². The fourth-order valence-electron chi connectivity index (χ4n) is 2.66. The molecular formula is C23H21Cl2N7O2. The van der Waals surface area contributed by atoms with Crippen LogP contribution in [0.3, 0.4) is 0 Å². The number of hydrogen-bond donors (Lipinski definition) is 0. The molecule has 0 radical (unpaired) electrons. The topological polar surface area (TPSA) is 98.8 Å². The smallest absolute Gasteiger partial charge is 0.192 e. The van der Waals surface area contributed by atoms with Crippen LogP contribution < -0.4 is 0 Å². The zero-order chi connectivity index (χ0) is 24.7. The van der Waals surface area contributed by atoms with Gasteiger partial charge in [-0.05, 0) is 31.2 Å². The molecule has 0 saturated heterocycles. The highest BCUT2D eigenvalue weighted by atomic mass is 35.5. The lowest BCUT2D eigenvalue weighted by Gasteiger charge is -2.01. The van der Waals surface area contributed by atoms with Gasteiger partial charge in [-0.25, -0.2) is 9.36 Å². The normalized spacial score (nSPS) is 10.6. The fraction of sp³-hybridized carbons (Fsp3) is 0.130. The molecule has 0 atom stereocenters. The van der Waals surface area contributed by atoms with E-state index in [1.807, 2.05) is 26.2 Å². The minimum atomic E-state index is -0.186. The molecule has 9 nitrogen and oxygen atoms in total. The number of allylic oxidation sites excluding steroid dienone is 1. The quantitative estimate of drug-likeness (QED) is 0.289. The Morgan fingerprint density at radius 2 is 1.38 bits per heavy atom. The van der Waals surface area contributed by atoms with Gasteiger partial charge in [-0.2, -0.15) is 10.2 Å². The van der Waals surface area contributed by atoms with Crippen LogP contribution in [0.4, 0.5) is 0 Å². The number of ketones is 2. The van der Waals surface area contributed by atoms with E-state index >= 15 is 0 Å². The zero-order valence-electron chi connectivity index (χ0n) is 18.6. The van der Waals surface area contributed by atoms with Gasteiger partial charge in [-0.1, -0.05) is 23.2 Å². The molecule has 0 amide bonds. The summed E-state index contributed by atoms with van der Waals surface area (Å²) in [4.78, 5) is 32.8. The molecule has 0 spiro atoms. The molecule has 4 aromatic rings. The molecule has 11 heteroatoms. The van der Waals surface area contributed by atoms with E-state index in [-0.39, 0.29) is 21.9 Å². The maximum absolute atomic E-state index is 11.9. The molecule has 0 aliphatic heterocycles. The van der Waals surface area contributed by atoms with Gasteiger partial charge in [0.1, 0.15) is 0 Å². The Morgan fingerprint density at radius 1 is 0.882 bits per heavy atom. The van der Waals surface area contributed by atoms with Gasteiger partial charge in [-0.15, -0.1) is 0 Å². The Hall–Kier alpha value is -3.82. The van der Waals surface area contributed by atoms with Crippen LogP contribution in [0, 0.1) is 0 Å². The Kier molecular flexibility index (Phi) is 8.29. The minimum absolute atomic E-state index is 0.102. The molecule has 4 heterocycles. The first-order chi connectivity index (χ1) is 16.3. The molecule has 4 rings (SSSR count). The lowest BCUT2D eigenvalue weighted by molar-refractivity contribution is 0.101. The standard InChI is InChI=1S/C13H13ClN4O.C10H8ClN3O/c1-17(2)7-5-12(19)11-9-18(16-13(11)14)10-4-3-6-15-8-10;1-7(15)9-6-14(13-10(9)11)8-3-2-4-12-5-8/h3-9H,1-2H3;2-6H,1H3. The van der Waals surface area contributed by atoms with E-state index < -0.39 is 0 Å². The molecule has 0 fully saturated rings. The van der Waals surface area contributed by atoms with E-state index in [1.165, 1.54) is 22.4 Å². The first kappa shape index (κ1) is 24.8. The molecule has 4 aromatic heterocycles. The van der Waals surface area contributed by atoms with E-state index in [1.54, 1.807) is 60.4 Å². The summed E-state index contributed by atoms with van der Waals surface area (Å²) in [5.41, 5.74) is 2.30. The van der Waals surface area contributed by atoms with Gasteiger partial charge < -0.3 is 4.90 Å². The molecule has 0 saturated carbocycles. The van der Waals surface area contributed by atoms with Crippen molar-refractivity contribution < 1.29 is 9.59 Å². The Balaban J connectivity index is 0.000000196. The van der Waals surface area contributed by atoms with Crippen LogP contribution in [0.25, 0.3) is 11.4 Å². The average Bonchev–Trinajstić information content (AvgIpc) is 3.42. The summed E-state index contributed by atoms with van der Waals surface area (Å²) in [5, 5.41) is 8.52. The van der Waals surface area contributed by atoms with Gasteiger partial charge in [0.15, 0.2) is 21.9 Å². The molecule has 34 heavy (non-hydrogen) atoms. The van der Waals surface area contributed by atoms with Gasteiger partial charge >= 0.3 is 0 Å². The van der Waals surface area contributed by atoms with Crippen molar-refractivity contribution in [1.29, 1.82) is 0 Å². The molecule has 0 bridgehead atoms. The van der Waals surface area contributed by atoms with Crippen molar-refractivity contribution in [1.82, 2.24) is 34.4 Å². The van der Waals surface area contributed by atoms with Gasteiger partial charge in [0, 0.05) is 51.2 Å². The number of hydrogen-bond acceptors (Lipinski definition) is 7. The first-order valence-electron chi connectivity index (χ1n) is 9.97. The molecular weight excluding hydrogens is 477 g/mol. The van der Waals surface area contributed by atoms with Crippen molar-refractivity contribution in [3.05, 3.63) is 95.2 Å². The van der Waals surface area contributed by atoms with Crippen molar-refractivity contribution in [2.24, 2.45) is 0 Å². The van der Waals surface area contributed by atoms with Crippen LogP contribution in [0.1, 0.15) is 27.6 Å². The van der Waals surface area contributed by atoms with Crippen LogP contribution in [-0.4, -0.2) is 60.1 Å². The number of halogens is 2. The molecule has 174 valence electrons. The average molecular weight is 498 g/mol. The third-order valence-electron chi connectivity index (χ3n) is 4.33. The number of rotatable bonds is 6. The highest BCUT2D eigenvalue weighted by Gasteiger charge is 2.14. The number of Topliss-reactive ketones (excluding diaryl/α,β-unsaturated/α-hetero) is 1. The second-order valence-corrected chi connectivity index (χ2v) is 7.89. The second-order valence-electron chi connectivity index (χ2n) is 7.18. The van der Waals surface area contributed by atoms with Crippen molar-refractivity contribution >= 4 is 34.8 Å². The third kappa shape index (κ3) is 6.37. The van der Waals surface area contributed by atoms with E-state index in [2.05, 4.69) is 20.2 Å². The Morgan fingerprint density at radius 3 is 1.79 bits per heavy atom. The SMILES string of the molecule is CC(=O)c1cn(-c2cccnc2)nc1Cl.CN(C)C=CC(=O)c1cn(-c2cccnc2)nc1Cl. The highest BCUT2D eigenvalue weighted by Crippen LogP contribution is 2.18. The number of carbonyl (C=O) groups excluding carboxylic acids is 2. The van der Waals surface area contributed by atoms with Crippen molar-refractivity contribution in [3.8, 4) is 11.4 Å². The Labute approximate surface area is 206 Å². The summed E-state index contributed by atoms with van der Waals surface area (Å²) in [6.07, 6.45) is 12.9. The summed E-state index contributed by atoms with van der Waals surface area (Å²) >= 11 is 11.8. The molecule has 0 N–H and O–H groups in total. The number of nitrogens with zero attached hydrogens (tertiary/aromatic N) is 7. The summed E-state index contributed by atoms with van der Waals surface area (Å²) < 4.78 is 3.07. The van der Waals surface area contributed by atoms with Crippen LogP contribution in [-0.2, 0) is 0 Å². The van der Waals surface area contributed by atoms with Gasteiger partial charge in [0.05, 0.1) is 34.9 Å². The maximum Gasteiger partial charge on any atom is 0.192 e. The molecule has 0 unspecified atom stereocenters. The summed E-state index contributed by atoms with van der Waals surface area (Å²) in [6.45, 7) is 1.45. The molecule has 0 aliphatic rings. The van der Waals surface area contributed by atoms with Gasteiger partial charge in [0.25, 0.3) is 0 Å². The number of carbonyl (C=O) groups is 2. The summed E-state index contributed by atoms with van der Waals surface area (Å²) in [6, 6.07) is 7.25. The van der Waals surface area contributed by atoms with Crippen molar-refractivity contribution in [3.63, 3.8) is 0 Å². The van der Waals surface area contributed by atoms with E-state index in [0.717, 1.165) is 11.4 Å². The maximum atomic E-state index is 11.9. The zero-order valence-corrected chi connectivity index (χ0v) is 20.1. The lowest BCUT2D eigenvalue weighted by Crippen LogP contribution is -2.03. The molecule has 0 aromatic carbocycles. The van der Waals surface area contributed by atoms with Crippen LogP contribution in [0.15, 0.2) is 73.7 Å². The van der Waals surface area contributed by atoms with Gasteiger partial charge in [0.2, 0.25) is 0 Å². The third-order valence-corrected chi connectivity index (χ3v) is 4.89. The number of aromatic nitrogens is 6. The monoisotopic (exact) mass is 497 g/mol. The van der Waals surface area contributed by atoms with Crippen LogP contribution >= 0.6 is 23.2 Å². The van der Waals surface area contributed by atoms with Crippen molar-refractivity contribution in [2.75, 3.05) is 14.1 Å². The number of pyridine rings is 2. The predicted molar refractivity (Wildman–Crippen MR) is 130 cm³/mol. The molecule has 0 aliphatic carbocycles.